The van der Waals surface area contributed by atoms with Gasteiger partial charge < -0.3 is 5.32 Å². The van der Waals surface area contributed by atoms with Gasteiger partial charge in [0.15, 0.2) is 0 Å². The Kier molecular flexibility index (Phi) is 3.38. The molecular formula is C16H22FN. The van der Waals surface area contributed by atoms with Crippen LogP contribution in [0.4, 0.5) is 4.39 Å². The highest BCUT2D eigenvalue weighted by molar-refractivity contribution is 5.17. The van der Waals surface area contributed by atoms with Gasteiger partial charge in [0.2, 0.25) is 0 Å². The van der Waals surface area contributed by atoms with Gasteiger partial charge >= 0.3 is 0 Å². The fourth-order valence-corrected chi connectivity index (χ4v) is 3.85. The second kappa shape index (κ2) is 5.00. The molecule has 4 unspecified atom stereocenters. The minimum Gasteiger partial charge on any atom is -0.311 e. The van der Waals surface area contributed by atoms with Gasteiger partial charge in [0, 0.05) is 12.1 Å². The van der Waals surface area contributed by atoms with E-state index in [2.05, 4.69) is 12.2 Å². The van der Waals surface area contributed by atoms with Crippen molar-refractivity contribution in [1.29, 1.82) is 0 Å². The summed E-state index contributed by atoms with van der Waals surface area (Å²) in [4.78, 5) is 0. The van der Waals surface area contributed by atoms with E-state index < -0.39 is 0 Å². The summed E-state index contributed by atoms with van der Waals surface area (Å²) in [5.41, 5.74) is 1.22. The average molecular weight is 247 g/mol. The molecule has 0 aliphatic heterocycles. The second-order valence-electron chi connectivity index (χ2n) is 6.18. The summed E-state index contributed by atoms with van der Waals surface area (Å²) in [5.74, 6) is 1.77. The molecule has 0 amide bonds. The van der Waals surface area contributed by atoms with Gasteiger partial charge in [-0.15, -0.1) is 0 Å². The number of hydrogen-bond acceptors (Lipinski definition) is 1. The Morgan fingerprint density at radius 2 is 2.00 bits per heavy atom. The van der Waals surface area contributed by atoms with E-state index in [-0.39, 0.29) is 5.82 Å². The van der Waals surface area contributed by atoms with Crippen molar-refractivity contribution in [2.45, 2.75) is 51.1 Å². The van der Waals surface area contributed by atoms with E-state index in [9.17, 15) is 4.39 Å². The standard InChI is InChI=1S/C16H22FN/c1-11(8-12-3-6-15(17)7-4-12)18-16-10-13-2-5-14(16)9-13/h3-4,6-7,11,13-14,16,18H,2,5,8-10H2,1H3. The van der Waals surface area contributed by atoms with Crippen molar-refractivity contribution in [1.82, 2.24) is 5.32 Å². The van der Waals surface area contributed by atoms with Crippen LogP contribution in [0.15, 0.2) is 24.3 Å². The van der Waals surface area contributed by atoms with Crippen molar-refractivity contribution in [3.05, 3.63) is 35.6 Å². The molecular weight excluding hydrogens is 225 g/mol. The van der Waals surface area contributed by atoms with Gasteiger partial charge in [0.1, 0.15) is 5.82 Å². The average Bonchev–Trinajstić information content (AvgIpc) is 2.94. The number of rotatable bonds is 4. The second-order valence-corrected chi connectivity index (χ2v) is 6.18. The summed E-state index contributed by atoms with van der Waals surface area (Å²) in [7, 11) is 0. The Bertz CT molecular complexity index is 400. The third-order valence-corrected chi connectivity index (χ3v) is 4.69. The molecule has 18 heavy (non-hydrogen) atoms. The lowest BCUT2D eigenvalue weighted by atomic mass is 9.94. The zero-order valence-electron chi connectivity index (χ0n) is 11.0. The lowest BCUT2D eigenvalue weighted by Gasteiger charge is -2.27. The summed E-state index contributed by atoms with van der Waals surface area (Å²) < 4.78 is 12.8. The SMILES string of the molecule is CC(Cc1ccc(F)cc1)NC1CC2CCC1C2. The van der Waals surface area contributed by atoms with Gasteiger partial charge in [-0.05, 0) is 62.1 Å². The fraction of sp³-hybridized carbons (Fsp3) is 0.625. The number of benzene rings is 1. The van der Waals surface area contributed by atoms with Crippen LogP contribution in [0.25, 0.3) is 0 Å². The van der Waals surface area contributed by atoms with E-state index in [0.717, 1.165) is 24.3 Å². The minimum absolute atomic E-state index is 0.146. The molecule has 2 fully saturated rings. The molecule has 3 rings (SSSR count). The van der Waals surface area contributed by atoms with Crippen LogP contribution in [0.5, 0.6) is 0 Å². The zero-order valence-corrected chi connectivity index (χ0v) is 11.0. The molecule has 4 atom stereocenters. The normalized spacial score (nSPS) is 31.8. The van der Waals surface area contributed by atoms with E-state index in [1.165, 1.54) is 31.2 Å². The van der Waals surface area contributed by atoms with Crippen LogP contribution in [0.2, 0.25) is 0 Å². The van der Waals surface area contributed by atoms with Gasteiger partial charge in [0.05, 0.1) is 0 Å². The molecule has 2 aliphatic rings. The van der Waals surface area contributed by atoms with Crippen molar-refractivity contribution < 1.29 is 4.39 Å². The van der Waals surface area contributed by atoms with Crippen LogP contribution in [0.3, 0.4) is 0 Å². The van der Waals surface area contributed by atoms with Crippen molar-refractivity contribution in [2.24, 2.45) is 11.8 Å². The predicted octanol–water partition coefficient (Wildman–Crippen LogP) is 3.53. The first-order valence-electron chi connectivity index (χ1n) is 7.21. The number of fused-ring (bicyclic) bond motifs is 2. The monoisotopic (exact) mass is 247 g/mol. The van der Waals surface area contributed by atoms with Crippen LogP contribution < -0.4 is 5.32 Å². The quantitative estimate of drug-likeness (QED) is 0.858. The molecule has 2 bridgehead atoms. The molecule has 0 radical (unpaired) electrons. The lowest BCUT2D eigenvalue weighted by molar-refractivity contribution is 0.323. The van der Waals surface area contributed by atoms with Crippen molar-refractivity contribution in [3.63, 3.8) is 0 Å². The highest BCUT2D eigenvalue weighted by atomic mass is 19.1. The Morgan fingerprint density at radius 3 is 2.61 bits per heavy atom. The Hall–Kier alpha value is -0.890. The van der Waals surface area contributed by atoms with E-state index in [1.807, 2.05) is 12.1 Å². The maximum Gasteiger partial charge on any atom is 0.123 e. The summed E-state index contributed by atoms with van der Waals surface area (Å²) in [6, 6.07) is 8.13. The smallest absolute Gasteiger partial charge is 0.123 e. The molecule has 2 aliphatic carbocycles. The van der Waals surface area contributed by atoms with Crippen molar-refractivity contribution >= 4 is 0 Å². The summed E-state index contributed by atoms with van der Waals surface area (Å²) in [6.45, 7) is 2.25. The molecule has 0 saturated heterocycles. The lowest BCUT2D eigenvalue weighted by Crippen LogP contribution is -2.40. The van der Waals surface area contributed by atoms with Crippen molar-refractivity contribution in [2.75, 3.05) is 0 Å². The maximum absolute atomic E-state index is 12.8. The van der Waals surface area contributed by atoms with E-state index in [4.69, 9.17) is 0 Å². The number of nitrogens with one attached hydrogen (secondary N) is 1. The molecule has 2 heteroatoms. The Labute approximate surface area is 109 Å². The number of halogens is 1. The first-order valence-corrected chi connectivity index (χ1v) is 7.21. The van der Waals surface area contributed by atoms with Crippen LogP contribution in [0, 0.1) is 17.7 Å². The molecule has 1 N–H and O–H groups in total. The van der Waals surface area contributed by atoms with Crippen LogP contribution in [-0.2, 0) is 6.42 Å². The van der Waals surface area contributed by atoms with Crippen molar-refractivity contribution in [3.8, 4) is 0 Å². The van der Waals surface area contributed by atoms with Gasteiger partial charge in [-0.25, -0.2) is 4.39 Å². The van der Waals surface area contributed by atoms with Gasteiger partial charge in [-0.2, -0.15) is 0 Å². The molecule has 1 nitrogen and oxygen atoms in total. The van der Waals surface area contributed by atoms with Gasteiger partial charge in [-0.1, -0.05) is 18.6 Å². The minimum atomic E-state index is -0.146. The highest BCUT2D eigenvalue weighted by Gasteiger charge is 2.39. The summed E-state index contributed by atoms with van der Waals surface area (Å²) in [5, 5.41) is 3.78. The van der Waals surface area contributed by atoms with E-state index in [0.29, 0.717) is 6.04 Å². The van der Waals surface area contributed by atoms with Crippen LogP contribution in [-0.4, -0.2) is 12.1 Å². The van der Waals surface area contributed by atoms with Gasteiger partial charge in [-0.3, -0.25) is 0 Å². The van der Waals surface area contributed by atoms with E-state index in [1.54, 1.807) is 12.1 Å². The van der Waals surface area contributed by atoms with Crippen LogP contribution >= 0.6 is 0 Å². The molecule has 1 aromatic rings. The zero-order chi connectivity index (χ0) is 12.5. The first kappa shape index (κ1) is 12.2. The third kappa shape index (κ3) is 2.59. The molecule has 1 aromatic carbocycles. The largest absolute Gasteiger partial charge is 0.311 e. The molecule has 0 spiro atoms. The van der Waals surface area contributed by atoms with E-state index >= 15 is 0 Å². The summed E-state index contributed by atoms with van der Waals surface area (Å²) >= 11 is 0. The number of hydrogen-bond donors (Lipinski definition) is 1. The predicted molar refractivity (Wildman–Crippen MR) is 71.9 cm³/mol. The fourth-order valence-electron chi connectivity index (χ4n) is 3.85. The topological polar surface area (TPSA) is 12.0 Å². The van der Waals surface area contributed by atoms with Crippen LogP contribution in [0.1, 0.15) is 38.2 Å². The molecule has 0 aromatic heterocycles. The molecule has 2 saturated carbocycles. The Morgan fingerprint density at radius 1 is 1.22 bits per heavy atom. The van der Waals surface area contributed by atoms with Gasteiger partial charge in [0.25, 0.3) is 0 Å². The maximum atomic E-state index is 12.8. The first-order chi connectivity index (χ1) is 8.70. The summed E-state index contributed by atoms with van der Waals surface area (Å²) in [6.07, 6.45) is 6.69. The Balaban J connectivity index is 1.52. The molecule has 0 heterocycles. The molecule has 98 valence electrons. The highest BCUT2D eigenvalue weighted by Crippen LogP contribution is 2.44. The third-order valence-electron chi connectivity index (χ3n) is 4.69.